The number of hydrogen-bond donors (Lipinski definition) is 3. The predicted octanol–water partition coefficient (Wildman–Crippen LogP) is 6.24. The molecular formula is C26H21F4N5O2S. The fourth-order valence-electron chi connectivity index (χ4n) is 3.33. The molecule has 196 valence electrons. The molecule has 0 radical (unpaired) electrons. The van der Waals surface area contributed by atoms with E-state index in [-0.39, 0.29) is 34.7 Å². The van der Waals surface area contributed by atoms with Crippen molar-refractivity contribution in [3.63, 3.8) is 0 Å². The maximum absolute atomic E-state index is 14.5. The zero-order valence-electron chi connectivity index (χ0n) is 19.6. The van der Waals surface area contributed by atoms with Crippen LogP contribution in [0, 0.1) is 5.82 Å². The molecule has 12 heteroatoms. The Morgan fingerprint density at radius 2 is 1.55 bits per heavy atom. The SMILES string of the molecule is O=C(O)[C@H](CSCc1ccccc1)Nc1nc(Nc2ccc(C(F)(F)F)cc2)nc(-c2ccccc2F)n1. The second-order valence-electron chi connectivity index (χ2n) is 8.02. The first-order chi connectivity index (χ1) is 18.2. The molecule has 0 aliphatic rings. The summed E-state index contributed by atoms with van der Waals surface area (Å²) in [6, 6.07) is 18.4. The minimum absolute atomic E-state index is 0.0405. The number of alkyl halides is 3. The summed E-state index contributed by atoms with van der Waals surface area (Å²) >= 11 is 1.39. The molecule has 0 aliphatic carbocycles. The van der Waals surface area contributed by atoms with E-state index in [4.69, 9.17) is 0 Å². The lowest BCUT2D eigenvalue weighted by Crippen LogP contribution is -2.32. The number of nitrogens with one attached hydrogen (secondary N) is 2. The Morgan fingerprint density at radius 1 is 0.895 bits per heavy atom. The molecule has 0 fully saturated rings. The molecule has 7 nitrogen and oxygen atoms in total. The van der Waals surface area contributed by atoms with Crippen LogP contribution in [0.4, 0.5) is 35.1 Å². The van der Waals surface area contributed by atoms with E-state index in [2.05, 4.69) is 25.6 Å². The highest BCUT2D eigenvalue weighted by atomic mass is 32.2. The summed E-state index contributed by atoms with van der Waals surface area (Å²) in [5.74, 6) is -1.33. The lowest BCUT2D eigenvalue weighted by molar-refractivity contribution is -0.138. The molecule has 0 spiro atoms. The van der Waals surface area contributed by atoms with Crippen LogP contribution in [-0.2, 0) is 16.7 Å². The summed E-state index contributed by atoms with van der Waals surface area (Å²) in [5.41, 5.74) is 0.485. The van der Waals surface area contributed by atoms with Gasteiger partial charge in [-0.25, -0.2) is 9.18 Å². The van der Waals surface area contributed by atoms with E-state index in [9.17, 15) is 27.5 Å². The lowest BCUT2D eigenvalue weighted by atomic mass is 10.2. The van der Waals surface area contributed by atoms with Crippen molar-refractivity contribution < 1.29 is 27.5 Å². The predicted molar refractivity (Wildman–Crippen MR) is 138 cm³/mol. The van der Waals surface area contributed by atoms with Gasteiger partial charge in [0.2, 0.25) is 11.9 Å². The molecule has 0 saturated carbocycles. The van der Waals surface area contributed by atoms with Crippen LogP contribution >= 0.6 is 11.8 Å². The van der Waals surface area contributed by atoms with Crippen LogP contribution < -0.4 is 10.6 Å². The van der Waals surface area contributed by atoms with Gasteiger partial charge in [0.1, 0.15) is 11.9 Å². The molecular weight excluding hydrogens is 522 g/mol. The molecule has 1 aromatic heterocycles. The van der Waals surface area contributed by atoms with Crippen molar-refractivity contribution >= 4 is 35.3 Å². The van der Waals surface area contributed by atoms with Crippen LogP contribution in [-0.4, -0.2) is 37.8 Å². The highest BCUT2D eigenvalue weighted by molar-refractivity contribution is 7.98. The average Bonchev–Trinajstić information content (AvgIpc) is 2.88. The molecule has 38 heavy (non-hydrogen) atoms. The Morgan fingerprint density at radius 3 is 2.21 bits per heavy atom. The number of carbonyl (C=O) groups is 1. The Kier molecular flexibility index (Phi) is 8.41. The van der Waals surface area contributed by atoms with Crippen molar-refractivity contribution in [1.82, 2.24) is 15.0 Å². The van der Waals surface area contributed by atoms with Crippen molar-refractivity contribution in [2.24, 2.45) is 0 Å². The van der Waals surface area contributed by atoms with Crippen LogP contribution in [0.1, 0.15) is 11.1 Å². The van der Waals surface area contributed by atoms with Gasteiger partial charge >= 0.3 is 12.1 Å². The molecule has 1 heterocycles. The van der Waals surface area contributed by atoms with Crippen molar-refractivity contribution in [2.75, 3.05) is 16.4 Å². The number of nitrogens with zero attached hydrogens (tertiary/aromatic N) is 3. The fourth-order valence-corrected chi connectivity index (χ4v) is 4.34. The molecule has 3 aromatic carbocycles. The quantitative estimate of drug-likeness (QED) is 0.202. The number of rotatable bonds is 10. The van der Waals surface area contributed by atoms with Gasteiger partial charge in [-0.15, -0.1) is 0 Å². The Bertz CT molecular complexity index is 1390. The monoisotopic (exact) mass is 543 g/mol. The van der Waals surface area contributed by atoms with Gasteiger partial charge in [0.15, 0.2) is 5.82 Å². The van der Waals surface area contributed by atoms with Crippen LogP contribution in [0.15, 0.2) is 78.9 Å². The minimum atomic E-state index is -4.49. The largest absolute Gasteiger partial charge is 0.480 e. The fraction of sp³-hybridized carbons (Fsp3) is 0.154. The number of carboxylic acid groups (broad SMARTS) is 1. The first-order valence-electron chi connectivity index (χ1n) is 11.3. The summed E-state index contributed by atoms with van der Waals surface area (Å²) in [5, 5.41) is 15.3. The summed E-state index contributed by atoms with van der Waals surface area (Å²) in [6.45, 7) is 0. The topological polar surface area (TPSA) is 100 Å². The molecule has 0 aliphatic heterocycles. The average molecular weight is 544 g/mol. The van der Waals surface area contributed by atoms with Gasteiger partial charge in [-0.05, 0) is 42.0 Å². The normalized spacial score (nSPS) is 12.1. The Hall–Kier alpha value is -4.19. The number of halogens is 4. The number of aromatic nitrogens is 3. The van der Waals surface area contributed by atoms with E-state index in [0.29, 0.717) is 5.75 Å². The highest BCUT2D eigenvalue weighted by Crippen LogP contribution is 2.30. The summed E-state index contributed by atoms with van der Waals surface area (Å²) in [4.78, 5) is 24.5. The van der Waals surface area contributed by atoms with Crippen molar-refractivity contribution in [3.8, 4) is 11.4 Å². The molecule has 0 unspecified atom stereocenters. The van der Waals surface area contributed by atoms with Crippen molar-refractivity contribution in [2.45, 2.75) is 18.0 Å². The van der Waals surface area contributed by atoms with Crippen LogP contribution in [0.25, 0.3) is 11.4 Å². The highest BCUT2D eigenvalue weighted by Gasteiger charge is 2.30. The Labute approximate surface area is 219 Å². The summed E-state index contributed by atoms with van der Waals surface area (Å²) in [7, 11) is 0. The van der Waals surface area contributed by atoms with Gasteiger partial charge in [-0.1, -0.05) is 42.5 Å². The van der Waals surface area contributed by atoms with E-state index in [1.807, 2.05) is 30.3 Å². The molecule has 0 saturated heterocycles. The molecule has 4 aromatic rings. The second-order valence-corrected chi connectivity index (χ2v) is 9.05. The van der Waals surface area contributed by atoms with E-state index >= 15 is 0 Å². The first-order valence-corrected chi connectivity index (χ1v) is 12.4. The Balaban J connectivity index is 1.59. The lowest BCUT2D eigenvalue weighted by Gasteiger charge is -2.16. The third kappa shape index (κ3) is 7.19. The van der Waals surface area contributed by atoms with Gasteiger partial charge in [-0.3, -0.25) is 0 Å². The number of hydrogen-bond acceptors (Lipinski definition) is 7. The first kappa shape index (κ1) is 26.9. The van der Waals surface area contributed by atoms with Gasteiger partial charge < -0.3 is 15.7 Å². The number of aliphatic carboxylic acids is 1. The number of carboxylic acids is 1. The van der Waals surface area contributed by atoms with Crippen molar-refractivity contribution in [3.05, 3.63) is 95.8 Å². The van der Waals surface area contributed by atoms with Crippen LogP contribution in [0.2, 0.25) is 0 Å². The maximum atomic E-state index is 14.5. The van der Waals surface area contributed by atoms with Gasteiger partial charge in [0.25, 0.3) is 0 Å². The third-order valence-corrected chi connectivity index (χ3v) is 6.32. The second kappa shape index (κ2) is 11.9. The van der Waals surface area contributed by atoms with E-state index in [0.717, 1.165) is 17.7 Å². The zero-order chi connectivity index (χ0) is 27.1. The van der Waals surface area contributed by atoms with Crippen LogP contribution in [0.5, 0.6) is 0 Å². The van der Waals surface area contributed by atoms with Gasteiger partial charge in [-0.2, -0.15) is 39.9 Å². The maximum Gasteiger partial charge on any atom is 0.416 e. The van der Waals surface area contributed by atoms with E-state index in [1.54, 1.807) is 6.07 Å². The summed E-state index contributed by atoms with van der Waals surface area (Å²) < 4.78 is 53.2. The molecule has 0 amide bonds. The number of benzene rings is 3. The van der Waals surface area contributed by atoms with E-state index < -0.39 is 29.6 Å². The zero-order valence-corrected chi connectivity index (χ0v) is 20.4. The standard InChI is InChI=1S/C26H21F4N5O2S/c27-20-9-5-4-8-19(20)22-33-24(31-18-12-10-17(11-13-18)26(28,29)30)35-25(34-22)32-21(23(36)37)15-38-14-16-6-2-1-3-7-16/h1-13,21H,14-15H2,(H,36,37)(H2,31,32,33,34,35)/t21-/m0/s1. The molecule has 1 atom stereocenters. The van der Waals surface area contributed by atoms with Crippen molar-refractivity contribution in [1.29, 1.82) is 0 Å². The molecule has 0 bridgehead atoms. The minimum Gasteiger partial charge on any atom is -0.480 e. The van der Waals surface area contributed by atoms with E-state index in [1.165, 1.54) is 42.1 Å². The molecule has 4 rings (SSSR count). The van der Waals surface area contributed by atoms with Crippen LogP contribution in [0.3, 0.4) is 0 Å². The van der Waals surface area contributed by atoms with Gasteiger partial charge in [0.05, 0.1) is 11.1 Å². The number of anilines is 3. The smallest absolute Gasteiger partial charge is 0.416 e. The third-order valence-electron chi connectivity index (χ3n) is 5.22. The summed E-state index contributed by atoms with van der Waals surface area (Å²) in [6.07, 6.45) is -4.49. The number of thioether (sulfide) groups is 1. The molecule has 3 N–H and O–H groups in total. The van der Waals surface area contributed by atoms with Gasteiger partial charge in [0, 0.05) is 17.2 Å².